The molecule has 1 aliphatic carbocycles. The Morgan fingerprint density at radius 1 is 1.50 bits per heavy atom. The molecule has 1 saturated heterocycles. The first kappa shape index (κ1) is 8.52. The number of hydrogen-bond donors (Lipinski definition) is 0. The number of hydrogen-bond acceptors (Lipinski definition) is 2. The number of ether oxygens (including phenoxy) is 1. The van der Waals surface area contributed by atoms with Crippen molar-refractivity contribution in [2.45, 2.75) is 31.7 Å². The predicted octanol–water partition coefficient (Wildman–Crippen LogP) is 1.51. The Bertz CT molecular complexity index is 165. The predicted molar refractivity (Wildman–Crippen MR) is 49.2 cm³/mol. The van der Waals surface area contributed by atoms with Crippen LogP contribution in [0.3, 0.4) is 0 Å². The van der Waals surface area contributed by atoms with Crippen molar-refractivity contribution in [3.05, 3.63) is 0 Å². The van der Waals surface area contributed by atoms with Gasteiger partial charge in [0.1, 0.15) is 0 Å². The van der Waals surface area contributed by atoms with Gasteiger partial charge in [-0.1, -0.05) is 0 Å². The molecule has 0 aromatic heterocycles. The third kappa shape index (κ3) is 1.50. The minimum atomic E-state index is 0.586. The smallest absolute Gasteiger partial charge is 0.0503 e. The summed E-state index contributed by atoms with van der Waals surface area (Å²) in [5.41, 5.74) is 0.586. The molecule has 2 nitrogen and oxygen atoms in total. The maximum Gasteiger partial charge on any atom is 0.0503 e. The van der Waals surface area contributed by atoms with E-state index in [2.05, 4.69) is 11.8 Å². The quantitative estimate of drug-likeness (QED) is 0.635. The molecule has 2 heteroatoms. The van der Waals surface area contributed by atoms with Crippen molar-refractivity contribution in [1.29, 1.82) is 0 Å². The first-order valence-electron chi connectivity index (χ1n) is 4.98. The van der Waals surface area contributed by atoms with Crippen molar-refractivity contribution in [2.75, 3.05) is 26.8 Å². The average Bonchev–Trinajstić information content (AvgIpc) is 2.64. The van der Waals surface area contributed by atoms with Gasteiger partial charge in [-0.3, -0.25) is 4.90 Å². The number of rotatable bonds is 3. The molecule has 0 N–H and O–H groups in total. The maximum atomic E-state index is 5.18. The molecule has 0 aromatic rings. The molecule has 1 heterocycles. The van der Waals surface area contributed by atoms with Gasteiger partial charge in [-0.2, -0.15) is 0 Å². The van der Waals surface area contributed by atoms with E-state index in [4.69, 9.17) is 4.74 Å². The van der Waals surface area contributed by atoms with Gasteiger partial charge in [0.25, 0.3) is 0 Å². The lowest BCUT2D eigenvalue weighted by atomic mass is 10.1. The lowest BCUT2D eigenvalue weighted by molar-refractivity contribution is 0.146. The summed E-state index contributed by atoms with van der Waals surface area (Å²) in [6.07, 6.45) is 4.16. The van der Waals surface area contributed by atoms with E-state index in [0.717, 1.165) is 12.5 Å². The van der Waals surface area contributed by atoms with Gasteiger partial charge in [-0.05, 0) is 38.6 Å². The summed E-state index contributed by atoms with van der Waals surface area (Å²) < 4.78 is 5.18. The van der Waals surface area contributed by atoms with Gasteiger partial charge < -0.3 is 4.74 Å². The van der Waals surface area contributed by atoms with Gasteiger partial charge in [0.05, 0.1) is 6.61 Å². The molecule has 0 bridgehead atoms. The van der Waals surface area contributed by atoms with E-state index in [1.54, 1.807) is 0 Å². The van der Waals surface area contributed by atoms with Crippen LogP contribution in [0.25, 0.3) is 0 Å². The van der Waals surface area contributed by atoms with Crippen LogP contribution in [-0.4, -0.2) is 37.2 Å². The summed E-state index contributed by atoms with van der Waals surface area (Å²) in [6.45, 7) is 5.91. The summed E-state index contributed by atoms with van der Waals surface area (Å²) in [5, 5.41) is 0. The van der Waals surface area contributed by atoms with E-state index in [9.17, 15) is 0 Å². The summed E-state index contributed by atoms with van der Waals surface area (Å²) in [6, 6.07) is 0. The van der Waals surface area contributed by atoms with E-state index in [0.29, 0.717) is 5.54 Å². The number of methoxy groups -OCH3 is 1. The molecule has 0 aromatic carbocycles. The van der Waals surface area contributed by atoms with Crippen molar-refractivity contribution < 1.29 is 4.74 Å². The van der Waals surface area contributed by atoms with Crippen LogP contribution < -0.4 is 0 Å². The third-order valence-electron chi connectivity index (χ3n) is 3.43. The molecule has 12 heavy (non-hydrogen) atoms. The molecule has 0 radical (unpaired) electrons. The second-order valence-electron chi connectivity index (χ2n) is 4.55. The monoisotopic (exact) mass is 169 g/mol. The fourth-order valence-corrected chi connectivity index (χ4v) is 2.19. The first-order chi connectivity index (χ1) is 5.74. The van der Waals surface area contributed by atoms with E-state index in [1.807, 2.05) is 7.11 Å². The Morgan fingerprint density at radius 3 is 2.83 bits per heavy atom. The molecular formula is C10H19NO. The Balaban J connectivity index is 1.82. The highest BCUT2D eigenvalue weighted by molar-refractivity contribution is 5.01. The van der Waals surface area contributed by atoms with Crippen molar-refractivity contribution in [3.8, 4) is 0 Å². The minimum Gasteiger partial charge on any atom is -0.384 e. The molecule has 2 fully saturated rings. The highest BCUT2D eigenvalue weighted by Crippen LogP contribution is 2.43. The van der Waals surface area contributed by atoms with Crippen LogP contribution in [0.2, 0.25) is 0 Å². The van der Waals surface area contributed by atoms with Crippen molar-refractivity contribution in [2.24, 2.45) is 5.92 Å². The summed E-state index contributed by atoms with van der Waals surface area (Å²) in [7, 11) is 1.81. The van der Waals surface area contributed by atoms with Crippen LogP contribution >= 0.6 is 0 Å². The molecular weight excluding hydrogens is 150 g/mol. The second kappa shape index (κ2) is 3.00. The van der Waals surface area contributed by atoms with E-state index < -0.39 is 0 Å². The van der Waals surface area contributed by atoms with Crippen LogP contribution in [-0.2, 0) is 4.74 Å². The topological polar surface area (TPSA) is 12.5 Å². The van der Waals surface area contributed by atoms with E-state index in [1.165, 1.54) is 32.4 Å². The summed E-state index contributed by atoms with van der Waals surface area (Å²) >= 11 is 0. The lowest BCUT2D eigenvalue weighted by Crippen LogP contribution is -2.33. The number of likely N-dealkylation sites (tertiary alicyclic amines) is 1. The maximum absolute atomic E-state index is 5.18. The lowest BCUT2D eigenvalue weighted by Gasteiger charge is -2.23. The van der Waals surface area contributed by atoms with Crippen LogP contribution in [0, 0.1) is 5.92 Å². The van der Waals surface area contributed by atoms with Gasteiger partial charge in [0.2, 0.25) is 0 Å². The average molecular weight is 169 g/mol. The molecule has 1 saturated carbocycles. The van der Waals surface area contributed by atoms with E-state index >= 15 is 0 Å². The normalized spacial score (nSPS) is 34.0. The molecule has 0 amide bonds. The molecule has 70 valence electrons. The third-order valence-corrected chi connectivity index (χ3v) is 3.43. The zero-order valence-corrected chi connectivity index (χ0v) is 8.18. The SMILES string of the molecule is COCC1CCN(C2(C)CC2)C1. The first-order valence-corrected chi connectivity index (χ1v) is 4.98. The number of nitrogens with zero attached hydrogens (tertiary/aromatic N) is 1. The molecule has 2 aliphatic rings. The van der Waals surface area contributed by atoms with Crippen LogP contribution in [0.15, 0.2) is 0 Å². The summed E-state index contributed by atoms with van der Waals surface area (Å²) in [4.78, 5) is 2.65. The van der Waals surface area contributed by atoms with Gasteiger partial charge >= 0.3 is 0 Å². The van der Waals surface area contributed by atoms with Gasteiger partial charge in [0, 0.05) is 19.2 Å². The zero-order chi connectivity index (χ0) is 8.60. The second-order valence-corrected chi connectivity index (χ2v) is 4.55. The fraction of sp³-hybridized carbons (Fsp3) is 1.00. The highest BCUT2D eigenvalue weighted by atomic mass is 16.5. The molecule has 2 rings (SSSR count). The Kier molecular flexibility index (Phi) is 2.13. The summed E-state index contributed by atoms with van der Waals surface area (Å²) in [5.74, 6) is 0.799. The van der Waals surface area contributed by atoms with Crippen LogP contribution in [0.4, 0.5) is 0 Å². The van der Waals surface area contributed by atoms with Gasteiger partial charge in [0.15, 0.2) is 0 Å². The molecule has 1 unspecified atom stereocenters. The highest BCUT2D eigenvalue weighted by Gasteiger charge is 2.45. The van der Waals surface area contributed by atoms with Crippen molar-refractivity contribution in [1.82, 2.24) is 4.90 Å². The van der Waals surface area contributed by atoms with Gasteiger partial charge in [-0.15, -0.1) is 0 Å². The Labute approximate surface area is 74.9 Å². The molecule has 0 spiro atoms. The Morgan fingerprint density at radius 2 is 2.25 bits per heavy atom. The van der Waals surface area contributed by atoms with Gasteiger partial charge in [-0.25, -0.2) is 0 Å². The molecule has 1 atom stereocenters. The van der Waals surface area contributed by atoms with Crippen LogP contribution in [0.1, 0.15) is 26.2 Å². The van der Waals surface area contributed by atoms with Crippen molar-refractivity contribution in [3.63, 3.8) is 0 Å². The molecule has 1 aliphatic heterocycles. The largest absolute Gasteiger partial charge is 0.384 e. The zero-order valence-electron chi connectivity index (χ0n) is 8.18. The van der Waals surface area contributed by atoms with E-state index in [-0.39, 0.29) is 0 Å². The Hall–Kier alpha value is -0.0800. The fourth-order valence-electron chi connectivity index (χ4n) is 2.19. The minimum absolute atomic E-state index is 0.586. The standard InChI is InChI=1S/C10H19NO/c1-10(4-5-10)11-6-3-9(7-11)8-12-2/h9H,3-8H2,1-2H3. The van der Waals surface area contributed by atoms with Crippen LogP contribution in [0.5, 0.6) is 0 Å². The van der Waals surface area contributed by atoms with Crippen molar-refractivity contribution >= 4 is 0 Å².